The van der Waals surface area contributed by atoms with Crippen LogP contribution in [0.2, 0.25) is 0 Å². The van der Waals surface area contributed by atoms with Crippen LogP contribution in [-0.4, -0.2) is 49.4 Å². The molecular weight excluding hydrogens is 294 g/mol. The van der Waals surface area contributed by atoms with Crippen LogP contribution in [0.5, 0.6) is 0 Å². The predicted molar refractivity (Wildman–Crippen MR) is 85.6 cm³/mol. The molecule has 0 atom stereocenters. The number of aryl methyl sites for hydroxylation is 1. The highest BCUT2D eigenvalue weighted by Gasteiger charge is 2.22. The van der Waals surface area contributed by atoms with E-state index in [0.29, 0.717) is 18.0 Å². The third-order valence-electron chi connectivity index (χ3n) is 3.13. The number of aromatic nitrogens is 1. The van der Waals surface area contributed by atoms with Crippen molar-refractivity contribution in [1.29, 1.82) is 0 Å². The number of nitrogens with zero attached hydrogens (tertiary/aromatic N) is 2. The lowest BCUT2D eigenvalue weighted by atomic mass is 10.4. The van der Waals surface area contributed by atoms with Gasteiger partial charge in [0.25, 0.3) is 0 Å². The van der Waals surface area contributed by atoms with Gasteiger partial charge in [-0.2, -0.15) is 11.8 Å². The van der Waals surface area contributed by atoms with E-state index in [1.165, 1.54) is 4.31 Å². The highest BCUT2D eigenvalue weighted by atomic mass is 32.2. The lowest BCUT2D eigenvalue weighted by molar-refractivity contribution is 0.488. The molecule has 7 heteroatoms. The molecule has 1 aromatic rings. The average molecular weight is 319 g/mol. The van der Waals surface area contributed by atoms with Gasteiger partial charge in [-0.25, -0.2) is 12.7 Å². The second-order valence-electron chi connectivity index (χ2n) is 4.77. The summed E-state index contributed by atoms with van der Waals surface area (Å²) in [5.74, 6) is 0.799. The van der Waals surface area contributed by atoms with Crippen molar-refractivity contribution < 1.29 is 8.42 Å². The average Bonchev–Trinajstić information content (AvgIpc) is 2.78. The molecule has 0 aliphatic heterocycles. The molecule has 0 fully saturated rings. The molecule has 0 radical (unpaired) electrons. The smallest absolute Gasteiger partial charge is 0.244 e. The van der Waals surface area contributed by atoms with Crippen LogP contribution in [0.4, 0.5) is 0 Å². The molecule has 1 rings (SSSR count). The van der Waals surface area contributed by atoms with E-state index in [1.807, 2.05) is 17.9 Å². The number of hydrogen-bond acceptors (Lipinski definition) is 4. The molecule has 0 saturated carbocycles. The molecular formula is C13H25N3O2S2. The van der Waals surface area contributed by atoms with Gasteiger partial charge in [-0.15, -0.1) is 0 Å². The molecule has 0 aliphatic rings. The summed E-state index contributed by atoms with van der Waals surface area (Å²) in [6, 6.07) is 1.76. The van der Waals surface area contributed by atoms with Gasteiger partial charge in [0.05, 0.1) is 0 Å². The van der Waals surface area contributed by atoms with Gasteiger partial charge in [-0.05, 0) is 25.3 Å². The lowest BCUT2D eigenvalue weighted by Gasteiger charge is -2.15. The SMILES string of the molecule is CCCNCc1cc(S(=O)(=O)N(C)CCSC)cn1C. The molecule has 1 heterocycles. The summed E-state index contributed by atoms with van der Waals surface area (Å²) >= 11 is 1.64. The Kier molecular flexibility index (Phi) is 7.08. The van der Waals surface area contributed by atoms with Crippen LogP contribution in [0.15, 0.2) is 17.2 Å². The Balaban J connectivity index is 2.82. The molecule has 0 aliphatic carbocycles. The van der Waals surface area contributed by atoms with Crippen LogP contribution in [0.1, 0.15) is 19.0 Å². The van der Waals surface area contributed by atoms with E-state index in [9.17, 15) is 8.42 Å². The van der Waals surface area contributed by atoms with Crippen molar-refractivity contribution >= 4 is 21.8 Å². The summed E-state index contributed by atoms with van der Waals surface area (Å²) < 4.78 is 28.1. The summed E-state index contributed by atoms with van der Waals surface area (Å²) in [5.41, 5.74) is 0.982. The van der Waals surface area contributed by atoms with E-state index in [1.54, 1.807) is 31.1 Å². The molecule has 0 unspecified atom stereocenters. The van der Waals surface area contributed by atoms with Gasteiger partial charge in [-0.3, -0.25) is 0 Å². The zero-order valence-electron chi connectivity index (χ0n) is 12.7. The molecule has 0 amide bonds. The van der Waals surface area contributed by atoms with Crippen LogP contribution in [0, 0.1) is 0 Å². The number of nitrogens with one attached hydrogen (secondary N) is 1. The van der Waals surface area contributed by atoms with E-state index in [2.05, 4.69) is 12.2 Å². The Morgan fingerprint density at radius 3 is 2.75 bits per heavy atom. The zero-order valence-corrected chi connectivity index (χ0v) is 14.4. The van der Waals surface area contributed by atoms with E-state index >= 15 is 0 Å². The number of rotatable bonds is 9. The standard InChI is InChI=1S/C13H25N3O2S2/c1-5-6-14-10-12-9-13(11-15(12)2)20(17,18)16(3)7-8-19-4/h9,11,14H,5-8,10H2,1-4H3. The fourth-order valence-electron chi connectivity index (χ4n) is 1.81. The van der Waals surface area contributed by atoms with Crippen LogP contribution in [0.25, 0.3) is 0 Å². The van der Waals surface area contributed by atoms with E-state index in [-0.39, 0.29) is 0 Å². The molecule has 0 bridgehead atoms. The Labute approximate surface area is 126 Å². The van der Waals surface area contributed by atoms with Crippen LogP contribution >= 0.6 is 11.8 Å². The first kappa shape index (κ1) is 17.6. The fourth-order valence-corrected chi connectivity index (χ4v) is 3.65. The van der Waals surface area contributed by atoms with E-state index < -0.39 is 10.0 Å². The van der Waals surface area contributed by atoms with Crippen molar-refractivity contribution in [2.24, 2.45) is 7.05 Å². The van der Waals surface area contributed by atoms with Crippen LogP contribution in [0.3, 0.4) is 0 Å². The first-order chi connectivity index (χ1) is 9.43. The summed E-state index contributed by atoms with van der Waals surface area (Å²) in [6.07, 6.45) is 4.72. The highest BCUT2D eigenvalue weighted by molar-refractivity contribution is 7.98. The van der Waals surface area contributed by atoms with Crippen LogP contribution < -0.4 is 5.32 Å². The second kappa shape index (κ2) is 8.07. The predicted octanol–water partition coefficient (Wildman–Crippen LogP) is 1.51. The highest BCUT2D eigenvalue weighted by Crippen LogP contribution is 2.17. The Hall–Kier alpha value is -0.500. The first-order valence-electron chi connectivity index (χ1n) is 6.74. The zero-order chi connectivity index (χ0) is 15.2. The van der Waals surface area contributed by atoms with Gasteiger partial charge < -0.3 is 9.88 Å². The number of hydrogen-bond donors (Lipinski definition) is 1. The Bertz CT molecular complexity index is 512. The van der Waals surface area contributed by atoms with Gasteiger partial charge >= 0.3 is 0 Å². The topological polar surface area (TPSA) is 54.3 Å². The molecule has 1 N–H and O–H groups in total. The third kappa shape index (κ3) is 4.51. The van der Waals surface area contributed by atoms with Crippen molar-refractivity contribution in [2.75, 3.05) is 32.1 Å². The van der Waals surface area contributed by atoms with Gasteiger partial charge in [0.15, 0.2) is 0 Å². The molecule has 0 saturated heterocycles. The van der Waals surface area contributed by atoms with Crippen molar-refractivity contribution in [3.05, 3.63) is 18.0 Å². The summed E-state index contributed by atoms with van der Waals surface area (Å²) in [5, 5.41) is 3.29. The maximum atomic E-state index is 12.4. The molecule has 20 heavy (non-hydrogen) atoms. The lowest BCUT2D eigenvalue weighted by Crippen LogP contribution is -2.28. The van der Waals surface area contributed by atoms with Crippen molar-refractivity contribution in [3.63, 3.8) is 0 Å². The summed E-state index contributed by atoms with van der Waals surface area (Å²) in [4.78, 5) is 0.372. The molecule has 116 valence electrons. The minimum atomic E-state index is -3.37. The minimum absolute atomic E-state index is 0.372. The third-order valence-corrected chi connectivity index (χ3v) is 5.55. The molecule has 0 aromatic carbocycles. The summed E-state index contributed by atoms with van der Waals surface area (Å²) in [6.45, 7) is 4.26. The number of sulfonamides is 1. The van der Waals surface area contributed by atoms with Crippen molar-refractivity contribution in [2.45, 2.75) is 24.8 Å². The number of thioether (sulfide) groups is 1. The van der Waals surface area contributed by atoms with Gasteiger partial charge in [0.1, 0.15) is 4.90 Å². The molecule has 1 aromatic heterocycles. The Morgan fingerprint density at radius 2 is 2.15 bits per heavy atom. The van der Waals surface area contributed by atoms with E-state index in [4.69, 9.17) is 0 Å². The Morgan fingerprint density at radius 1 is 1.45 bits per heavy atom. The fraction of sp³-hybridized carbons (Fsp3) is 0.692. The molecule has 5 nitrogen and oxygen atoms in total. The summed E-state index contributed by atoms with van der Waals surface area (Å²) in [7, 11) is 0.139. The normalized spacial score (nSPS) is 12.2. The van der Waals surface area contributed by atoms with Gasteiger partial charge in [0.2, 0.25) is 10.0 Å². The maximum Gasteiger partial charge on any atom is 0.244 e. The maximum absolute atomic E-state index is 12.4. The minimum Gasteiger partial charge on any atom is -0.352 e. The largest absolute Gasteiger partial charge is 0.352 e. The quantitative estimate of drug-likeness (QED) is 0.701. The van der Waals surface area contributed by atoms with Crippen molar-refractivity contribution in [3.8, 4) is 0 Å². The monoisotopic (exact) mass is 319 g/mol. The van der Waals surface area contributed by atoms with E-state index in [0.717, 1.165) is 24.4 Å². The second-order valence-corrected chi connectivity index (χ2v) is 7.80. The first-order valence-corrected chi connectivity index (χ1v) is 9.58. The van der Waals surface area contributed by atoms with Crippen LogP contribution in [-0.2, 0) is 23.6 Å². The van der Waals surface area contributed by atoms with Gasteiger partial charge in [0, 0.05) is 44.8 Å². The molecule has 0 spiro atoms. The van der Waals surface area contributed by atoms with Crippen molar-refractivity contribution in [1.82, 2.24) is 14.2 Å². The van der Waals surface area contributed by atoms with Gasteiger partial charge in [-0.1, -0.05) is 6.92 Å².